The van der Waals surface area contributed by atoms with Crippen LogP contribution in [0.15, 0.2) is 18.2 Å². The summed E-state index contributed by atoms with van der Waals surface area (Å²) in [5.41, 5.74) is 10.8. The lowest BCUT2D eigenvalue weighted by Crippen LogP contribution is -2.30. The van der Waals surface area contributed by atoms with Crippen LogP contribution < -0.4 is 5.73 Å². The highest BCUT2D eigenvalue weighted by Crippen LogP contribution is 2.45. The maximum atomic E-state index is 6.32. The summed E-state index contributed by atoms with van der Waals surface area (Å²) >= 11 is 0. The third-order valence-corrected chi connectivity index (χ3v) is 3.79. The second kappa shape index (κ2) is 3.06. The van der Waals surface area contributed by atoms with Crippen LogP contribution in [0.5, 0.6) is 0 Å². The lowest BCUT2D eigenvalue weighted by molar-refractivity contribution is 0.310. The molecule has 2 N–H and O–H groups in total. The highest BCUT2D eigenvalue weighted by Gasteiger charge is 2.42. The van der Waals surface area contributed by atoms with Gasteiger partial charge >= 0.3 is 0 Å². The minimum absolute atomic E-state index is 0.0174. The zero-order chi connectivity index (χ0) is 10.5. The van der Waals surface area contributed by atoms with E-state index in [2.05, 4.69) is 30.1 Å². The van der Waals surface area contributed by atoms with Crippen molar-refractivity contribution in [3.63, 3.8) is 0 Å². The Morgan fingerprint density at radius 1 is 1.33 bits per heavy atom. The van der Waals surface area contributed by atoms with Crippen LogP contribution >= 0.6 is 0 Å². The van der Waals surface area contributed by atoms with Crippen molar-refractivity contribution in [1.29, 1.82) is 0 Å². The van der Waals surface area contributed by atoms with Gasteiger partial charge in [-0.2, -0.15) is 0 Å². The molecule has 0 amide bonds. The van der Waals surface area contributed by atoms with Crippen molar-refractivity contribution in [2.24, 2.45) is 5.73 Å². The monoisotopic (exact) mass is 202 g/mol. The summed E-state index contributed by atoms with van der Waals surface area (Å²) in [6, 6.07) is 6.66. The van der Waals surface area contributed by atoms with Crippen molar-refractivity contribution in [2.45, 2.75) is 31.3 Å². The zero-order valence-electron chi connectivity index (χ0n) is 9.29. The molecule has 2 heteroatoms. The first-order valence-corrected chi connectivity index (χ1v) is 5.78. The Morgan fingerprint density at radius 2 is 2.13 bits per heavy atom. The summed E-state index contributed by atoms with van der Waals surface area (Å²) in [6.45, 7) is 2.25. The van der Waals surface area contributed by atoms with Crippen molar-refractivity contribution >= 4 is 0 Å². The van der Waals surface area contributed by atoms with Crippen LogP contribution in [0.3, 0.4) is 0 Å². The van der Waals surface area contributed by atoms with E-state index in [-0.39, 0.29) is 5.54 Å². The molecule has 1 fully saturated rings. The predicted octanol–water partition coefficient (Wildman–Crippen LogP) is 1.62. The number of hydrogen-bond donors (Lipinski definition) is 1. The summed E-state index contributed by atoms with van der Waals surface area (Å²) in [7, 11) is 2.19. The molecule has 80 valence electrons. The summed E-state index contributed by atoms with van der Waals surface area (Å²) in [5, 5.41) is 0. The Kier molecular flexibility index (Phi) is 1.91. The highest BCUT2D eigenvalue weighted by molar-refractivity contribution is 5.43. The summed E-state index contributed by atoms with van der Waals surface area (Å²) < 4.78 is 0. The summed E-state index contributed by atoms with van der Waals surface area (Å²) in [5.74, 6) is 0. The number of hydrogen-bond acceptors (Lipinski definition) is 2. The van der Waals surface area contributed by atoms with Gasteiger partial charge in [0.2, 0.25) is 0 Å². The lowest BCUT2D eigenvalue weighted by Gasteiger charge is -2.28. The minimum Gasteiger partial charge on any atom is -0.321 e. The molecule has 0 spiro atoms. The van der Waals surface area contributed by atoms with Crippen LogP contribution in [0.1, 0.15) is 29.5 Å². The molecule has 1 aromatic carbocycles. The number of nitrogens with zero attached hydrogens (tertiary/aromatic N) is 1. The van der Waals surface area contributed by atoms with Crippen molar-refractivity contribution < 1.29 is 0 Å². The van der Waals surface area contributed by atoms with E-state index in [1.54, 1.807) is 0 Å². The van der Waals surface area contributed by atoms with Crippen molar-refractivity contribution in [3.8, 4) is 0 Å². The van der Waals surface area contributed by atoms with Crippen LogP contribution in [0, 0.1) is 0 Å². The molecule has 0 atom stereocenters. The molecule has 0 aromatic heterocycles. The SMILES string of the molecule is CN1CCc2cccc(C3(N)CC3)c2C1. The van der Waals surface area contributed by atoms with Gasteiger partial charge in [0.25, 0.3) is 0 Å². The fraction of sp³-hybridized carbons (Fsp3) is 0.538. The molecular formula is C13H18N2. The lowest BCUT2D eigenvalue weighted by atomic mass is 9.90. The predicted molar refractivity (Wildman–Crippen MR) is 61.6 cm³/mol. The van der Waals surface area contributed by atoms with Gasteiger partial charge in [-0.25, -0.2) is 0 Å². The third kappa shape index (κ3) is 1.48. The van der Waals surface area contributed by atoms with Gasteiger partial charge < -0.3 is 10.6 Å². The van der Waals surface area contributed by atoms with Gasteiger partial charge in [-0.05, 0) is 43.0 Å². The summed E-state index contributed by atoms with van der Waals surface area (Å²) in [4.78, 5) is 2.39. The average Bonchev–Trinajstić information content (AvgIpc) is 2.96. The second-order valence-electron chi connectivity index (χ2n) is 5.09. The Morgan fingerprint density at radius 3 is 2.87 bits per heavy atom. The molecule has 0 radical (unpaired) electrons. The van der Waals surface area contributed by atoms with Gasteiger partial charge in [0, 0.05) is 18.6 Å². The molecule has 1 aliphatic heterocycles. The molecular weight excluding hydrogens is 184 g/mol. The molecule has 3 rings (SSSR count). The molecule has 2 nitrogen and oxygen atoms in total. The molecule has 1 aromatic rings. The van der Waals surface area contributed by atoms with E-state index in [0.29, 0.717) is 0 Å². The van der Waals surface area contributed by atoms with Gasteiger partial charge in [-0.1, -0.05) is 18.2 Å². The zero-order valence-corrected chi connectivity index (χ0v) is 9.29. The molecule has 15 heavy (non-hydrogen) atoms. The Hall–Kier alpha value is -0.860. The van der Waals surface area contributed by atoms with E-state index in [1.165, 1.54) is 29.7 Å². The van der Waals surface area contributed by atoms with E-state index in [9.17, 15) is 0 Å². The molecule has 1 heterocycles. The van der Waals surface area contributed by atoms with E-state index < -0.39 is 0 Å². The van der Waals surface area contributed by atoms with E-state index in [4.69, 9.17) is 5.73 Å². The standard InChI is InChI=1S/C13H18N2/c1-15-8-5-10-3-2-4-12(11(10)9-15)13(14)6-7-13/h2-4H,5-9,14H2,1H3. The van der Waals surface area contributed by atoms with Crippen LogP contribution in [0.25, 0.3) is 0 Å². The number of likely N-dealkylation sites (N-methyl/N-ethyl adjacent to an activating group) is 1. The van der Waals surface area contributed by atoms with Gasteiger partial charge in [0.1, 0.15) is 0 Å². The van der Waals surface area contributed by atoms with E-state index in [0.717, 1.165) is 19.4 Å². The fourth-order valence-corrected chi connectivity index (χ4v) is 2.59. The number of benzene rings is 1. The van der Waals surface area contributed by atoms with Gasteiger partial charge in [0.15, 0.2) is 0 Å². The van der Waals surface area contributed by atoms with Gasteiger partial charge in [-0.15, -0.1) is 0 Å². The van der Waals surface area contributed by atoms with E-state index >= 15 is 0 Å². The first-order valence-electron chi connectivity index (χ1n) is 5.78. The molecule has 0 bridgehead atoms. The van der Waals surface area contributed by atoms with Gasteiger partial charge in [0.05, 0.1) is 0 Å². The Bertz CT molecular complexity index is 394. The number of nitrogens with two attached hydrogens (primary N) is 1. The Balaban J connectivity index is 2.08. The van der Waals surface area contributed by atoms with Gasteiger partial charge in [-0.3, -0.25) is 0 Å². The average molecular weight is 202 g/mol. The fourth-order valence-electron chi connectivity index (χ4n) is 2.59. The van der Waals surface area contributed by atoms with Crippen LogP contribution in [-0.2, 0) is 18.5 Å². The topological polar surface area (TPSA) is 29.3 Å². The first-order chi connectivity index (χ1) is 7.19. The summed E-state index contributed by atoms with van der Waals surface area (Å²) in [6.07, 6.45) is 3.50. The van der Waals surface area contributed by atoms with Crippen molar-refractivity contribution in [3.05, 3.63) is 34.9 Å². The smallest absolute Gasteiger partial charge is 0.0414 e. The molecule has 1 aliphatic carbocycles. The van der Waals surface area contributed by atoms with E-state index in [1.807, 2.05) is 0 Å². The molecule has 0 saturated heterocycles. The van der Waals surface area contributed by atoms with Crippen molar-refractivity contribution in [2.75, 3.05) is 13.6 Å². The van der Waals surface area contributed by atoms with Crippen LogP contribution in [0.4, 0.5) is 0 Å². The number of fused-ring (bicyclic) bond motifs is 1. The normalized spacial score (nSPS) is 23.6. The molecule has 0 unspecified atom stereocenters. The molecule has 2 aliphatic rings. The van der Waals surface area contributed by atoms with Crippen LogP contribution in [0.2, 0.25) is 0 Å². The van der Waals surface area contributed by atoms with Crippen molar-refractivity contribution in [1.82, 2.24) is 4.90 Å². The van der Waals surface area contributed by atoms with Crippen LogP contribution in [-0.4, -0.2) is 18.5 Å². The maximum Gasteiger partial charge on any atom is 0.0414 e. The maximum absolute atomic E-state index is 6.32. The molecule has 1 saturated carbocycles. The first kappa shape index (κ1) is 9.37. The highest BCUT2D eigenvalue weighted by atomic mass is 15.1. The second-order valence-corrected chi connectivity index (χ2v) is 5.09. The number of rotatable bonds is 1. The minimum atomic E-state index is 0.0174. The largest absolute Gasteiger partial charge is 0.321 e. The Labute approximate surface area is 91.1 Å². The third-order valence-electron chi connectivity index (χ3n) is 3.79. The quantitative estimate of drug-likeness (QED) is 0.750.